The molecule has 0 aliphatic heterocycles. The van der Waals surface area contributed by atoms with E-state index in [4.69, 9.17) is 4.74 Å². The second-order valence-corrected chi connectivity index (χ2v) is 11.0. The summed E-state index contributed by atoms with van der Waals surface area (Å²) in [4.78, 5) is 11.9. The molecule has 0 aliphatic rings. The predicted molar refractivity (Wildman–Crippen MR) is 99.4 cm³/mol. The largest absolute Gasteiger partial charge is 0.469 e. The lowest BCUT2D eigenvalue weighted by Gasteiger charge is -2.30. The molecule has 2 aromatic rings. The van der Waals surface area contributed by atoms with Crippen LogP contribution in [0.25, 0.3) is 6.08 Å². The molecule has 0 bridgehead atoms. The van der Waals surface area contributed by atoms with Gasteiger partial charge in [-0.1, -0.05) is 91.1 Å². The highest BCUT2D eigenvalue weighted by atomic mass is 28.3. The molecule has 0 saturated heterocycles. The molecule has 3 heteroatoms. The zero-order chi connectivity index (χ0) is 16.7. The normalized spacial score (nSPS) is 13.0. The highest BCUT2D eigenvalue weighted by Crippen LogP contribution is 2.28. The maximum atomic E-state index is 11.9. The summed E-state index contributed by atoms with van der Waals surface area (Å²) < 4.78 is 4.91. The van der Waals surface area contributed by atoms with Gasteiger partial charge in [-0.15, -0.1) is 0 Å². The van der Waals surface area contributed by atoms with Crippen LogP contribution in [0.2, 0.25) is 18.6 Å². The number of hydrogen-bond acceptors (Lipinski definition) is 2. The molecule has 0 amide bonds. The number of hydrogen-bond donors (Lipinski definition) is 0. The molecule has 0 N–H and O–H groups in total. The van der Waals surface area contributed by atoms with E-state index in [0.717, 1.165) is 5.56 Å². The number of benzene rings is 2. The van der Waals surface area contributed by atoms with E-state index in [-0.39, 0.29) is 11.5 Å². The summed E-state index contributed by atoms with van der Waals surface area (Å²) in [5, 5.41) is 1.35. The van der Waals surface area contributed by atoms with Gasteiger partial charge in [-0.05, 0) is 11.1 Å². The molecule has 0 radical (unpaired) electrons. The Balaban J connectivity index is 2.30. The van der Waals surface area contributed by atoms with E-state index in [1.807, 2.05) is 24.3 Å². The number of esters is 1. The Hall–Kier alpha value is -2.13. The van der Waals surface area contributed by atoms with E-state index >= 15 is 0 Å². The molecule has 0 fully saturated rings. The van der Waals surface area contributed by atoms with Crippen molar-refractivity contribution in [3.63, 3.8) is 0 Å². The lowest BCUT2D eigenvalue weighted by atomic mass is 10.2. The summed E-state index contributed by atoms with van der Waals surface area (Å²) >= 11 is 0. The molecule has 0 aromatic heterocycles. The lowest BCUT2D eigenvalue weighted by Crippen LogP contribution is -2.46. The van der Waals surface area contributed by atoms with Crippen LogP contribution in [0.4, 0.5) is 0 Å². The van der Waals surface area contributed by atoms with E-state index in [2.05, 4.69) is 61.6 Å². The minimum Gasteiger partial charge on any atom is -0.469 e. The van der Waals surface area contributed by atoms with Crippen molar-refractivity contribution in [1.29, 1.82) is 0 Å². The summed E-state index contributed by atoms with van der Waals surface area (Å²) in [6.07, 6.45) is 4.73. The third kappa shape index (κ3) is 4.67. The summed E-state index contributed by atoms with van der Waals surface area (Å²) in [7, 11) is -0.374. The van der Waals surface area contributed by atoms with Crippen LogP contribution in [-0.4, -0.2) is 21.2 Å². The molecule has 120 valence electrons. The van der Waals surface area contributed by atoms with Crippen molar-refractivity contribution in [3.8, 4) is 0 Å². The summed E-state index contributed by atoms with van der Waals surface area (Å²) in [6.45, 7) is 4.62. The number of allylic oxidation sites excluding steroid dienone is 1. The Morgan fingerprint density at radius 2 is 1.61 bits per heavy atom. The van der Waals surface area contributed by atoms with E-state index in [1.165, 1.54) is 12.3 Å². The summed E-state index contributed by atoms with van der Waals surface area (Å²) in [5.74, 6) is -0.149. The average Bonchev–Trinajstić information content (AvgIpc) is 2.59. The fourth-order valence-electron chi connectivity index (χ4n) is 2.70. The van der Waals surface area contributed by atoms with E-state index in [0.29, 0.717) is 6.42 Å². The highest BCUT2D eigenvalue weighted by Gasteiger charge is 2.33. The van der Waals surface area contributed by atoms with Gasteiger partial charge in [0, 0.05) is 6.42 Å². The van der Waals surface area contributed by atoms with Crippen LogP contribution < -0.4 is 5.19 Å². The van der Waals surface area contributed by atoms with Crippen LogP contribution in [0, 0.1) is 0 Å². The van der Waals surface area contributed by atoms with E-state index in [9.17, 15) is 4.79 Å². The molecule has 2 rings (SSSR count). The maximum Gasteiger partial charge on any atom is 0.305 e. The number of carbonyl (C=O) groups is 1. The minimum absolute atomic E-state index is 0.149. The van der Waals surface area contributed by atoms with Gasteiger partial charge in [0.15, 0.2) is 0 Å². The summed E-state index contributed by atoms with van der Waals surface area (Å²) in [5.41, 5.74) is 1.35. The number of methoxy groups -OCH3 is 1. The fraction of sp³-hybridized carbons (Fsp3) is 0.250. The molecule has 1 atom stereocenters. The van der Waals surface area contributed by atoms with Gasteiger partial charge in [-0.2, -0.15) is 0 Å². The first-order chi connectivity index (χ1) is 11.0. The molecule has 0 spiro atoms. The Morgan fingerprint density at radius 3 is 2.17 bits per heavy atom. The average molecular weight is 324 g/mol. The van der Waals surface area contributed by atoms with Crippen LogP contribution >= 0.6 is 0 Å². The van der Waals surface area contributed by atoms with Crippen molar-refractivity contribution in [2.45, 2.75) is 25.1 Å². The predicted octanol–water partition coefficient (Wildman–Crippen LogP) is 4.25. The molecule has 23 heavy (non-hydrogen) atoms. The molecular formula is C20H24O2Si. The van der Waals surface area contributed by atoms with Gasteiger partial charge in [-0.25, -0.2) is 0 Å². The fourth-order valence-corrected chi connectivity index (χ4v) is 5.43. The maximum absolute atomic E-state index is 11.9. The Morgan fingerprint density at radius 1 is 1.04 bits per heavy atom. The van der Waals surface area contributed by atoms with Crippen molar-refractivity contribution in [1.82, 2.24) is 0 Å². The van der Waals surface area contributed by atoms with Gasteiger partial charge in [0.05, 0.1) is 15.2 Å². The number of carbonyl (C=O) groups excluding carboxylic acids is 1. The SMILES string of the molecule is COC(=O)C[C@H](/C=C\c1ccccc1)[Si](C)(C)c1ccccc1. The van der Waals surface area contributed by atoms with E-state index in [1.54, 1.807) is 0 Å². The van der Waals surface area contributed by atoms with Gasteiger partial charge in [-0.3, -0.25) is 4.79 Å². The van der Waals surface area contributed by atoms with Gasteiger partial charge >= 0.3 is 5.97 Å². The van der Waals surface area contributed by atoms with Gasteiger partial charge in [0.25, 0.3) is 0 Å². The minimum atomic E-state index is -1.83. The Bertz CT molecular complexity index is 648. The molecule has 2 aromatic carbocycles. The first kappa shape index (κ1) is 17.2. The first-order valence-corrected chi connectivity index (χ1v) is 11.0. The van der Waals surface area contributed by atoms with Crippen molar-refractivity contribution < 1.29 is 9.53 Å². The number of ether oxygens (including phenoxy) is 1. The Labute approximate surface area is 139 Å². The monoisotopic (exact) mass is 324 g/mol. The van der Waals surface area contributed by atoms with Gasteiger partial charge < -0.3 is 4.74 Å². The van der Waals surface area contributed by atoms with E-state index < -0.39 is 8.07 Å². The topological polar surface area (TPSA) is 26.3 Å². The smallest absolute Gasteiger partial charge is 0.305 e. The van der Waals surface area contributed by atoms with Crippen molar-refractivity contribution in [2.75, 3.05) is 7.11 Å². The molecule has 0 aliphatic carbocycles. The van der Waals surface area contributed by atoms with Crippen molar-refractivity contribution in [2.24, 2.45) is 0 Å². The Kier molecular flexibility index (Phi) is 5.94. The zero-order valence-electron chi connectivity index (χ0n) is 14.0. The second-order valence-electron chi connectivity index (χ2n) is 6.24. The van der Waals surface area contributed by atoms with Crippen LogP contribution in [0.1, 0.15) is 12.0 Å². The third-order valence-electron chi connectivity index (χ3n) is 4.38. The van der Waals surface area contributed by atoms with Crippen LogP contribution in [0.3, 0.4) is 0 Å². The van der Waals surface area contributed by atoms with Crippen molar-refractivity contribution >= 4 is 25.3 Å². The third-order valence-corrected chi connectivity index (χ3v) is 8.45. The number of rotatable bonds is 6. The molecule has 0 unspecified atom stereocenters. The van der Waals surface area contributed by atoms with Crippen molar-refractivity contribution in [3.05, 3.63) is 72.3 Å². The highest BCUT2D eigenvalue weighted by molar-refractivity contribution is 6.91. The zero-order valence-corrected chi connectivity index (χ0v) is 15.0. The molecule has 0 saturated carbocycles. The standard InChI is InChI=1S/C20H24O2Si/c1-22-20(21)16-19(15-14-17-10-6-4-7-11-17)23(2,3)18-12-8-5-9-13-18/h4-15,19H,16H2,1-3H3/b15-14-/t19-/m0/s1. The molecule has 0 heterocycles. The quantitative estimate of drug-likeness (QED) is 0.586. The van der Waals surface area contributed by atoms with Crippen LogP contribution in [-0.2, 0) is 9.53 Å². The summed E-state index contributed by atoms with van der Waals surface area (Å²) in [6, 6.07) is 20.7. The molecular weight excluding hydrogens is 300 g/mol. The lowest BCUT2D eigenvalue weighted by molar-refractivity contribution is -0.140. The van der Waals surface area contributed by atoms with Crippen LogP contribution in [0.5, 0.6) is 0 Å². The van der Waals surface area contributed by atoms with Crippen LogP contribution in [0.15, 0.2) is 66.7 Å². The molecule has 2 nitrogen and oxygen atoms in total. The first-order valence-electron chi connectivity index (χ1n) is 7.89. The van der Waals surface area contributed by atoms with Gasteiger partial charge in [0.1, 0.15) is 0 Å². The second kappa shape index (κ2) is 7.93. The van der Waals surface area contributed by atoms with Gasteiger partial charge in [0.2, 0.25) is 0 Å².